The summed E-state index contributed by atoms with van der Waals surface area (Å²) in [5.74, 6) is 1.27. The average Bonchev–Trinajstić information content (AvgIpc) is 3.78. The summed E-state index contributed by atoms with van der Waals surface area (Å²) in [6.45, 7) is 13.7. The van der Waals surface area contributed by atoms with Crippen molar-refractivity contribution < 1.29 is 9.18 Å². The van der Waals surface area contributed by atoms with Crippen molar-refractivity contribution in [3.63, 3.8) is 0 Å². The summed E-state index contributed by atoms with van der Waals surface area (Å²) < 4.78 is 15.8. The van der Waals surface area contributed by atoms with Gasteiger partial charge in [-0.2, -0.15) is 4.98 Å². The predicted molar refractivity (Wildman–Crippen MR) is 162 cm³/mol. The molecule has 4 heterocycles. The molecule has 2 saturated heterocycles. The van der Waals surface area contributed by atoms with Crippen molar-refractivity contribution >= 4 is 34.4 Å². The number of rotatable bonds is 4. The molecule has 2 aromatic carbocycles. The van der Waals surface area contributed by atoms with Crippen molar-refractivity contribution in [1.29, 1.82) is 0 Å². The van der Waals surface area contributed by atoms with E-state index in [0.717, 1.165) is 51.3 Å². The number of carbonyl (C=O) groups excluding carboxylic acids is 1. The second-order valence-electron chi connectivity index (χ2n) is 12.6. The van der Waals surface area contributed by atoms with Crippen LogP contribution in [0.15, 0.2) is 52.7 Å². The summed E-state index contributed by atoms with van der Waals surface area (Å²) in [5, 5.41) is 0.966. The second kappa shape index (κ2) is 9.70. The van der Waals surface area contributed by atoms with E-state index in [0.29, 0.717) is 31.5 Å². The minimum absolute atomic E-state index is 0.0237. The number of piperazine rings is 1. The van der Waals surface area contributed by atoms with Crippen LogP contribution >= 0.6 is 11.8 Å². The Balaban J connectivity index is 1.39. The van der Waals surface area contributed by atoms with Crippen LogP contribution in [0, 0.1) is 18.2 Å². The zero-order valence-corrected chi connectivity index (χ0v) is 24.7. The van der Waals surface area contributed by atoms with Crippen molar-refractivity contribution in [2.75, 3.05) is 36.8 Å². The maximum atomic E-state index is 14.0. The Morgan fingerprint density at radius 3 is 2.54 bits per heavy atom. The van der Waals surface area contributed by atoms with E-state index in [9.17, 15) is 14.0 Å². The Hall–Kier alpha value is -3.17. The average molecular weight is 574 g/mol. The van der Waals surface area contributed by atoms with Gasteiger partial charge in [0.1, 0.15) is 11.6 Å². The van der Waals surface area contributed by atoms with Crippen LogP contribution in [-0.4, -0.2) is 75.3 Å². The smallest absolute Gasteiger partial charge is 0.349 e. The normalized spacial score (nSPS) is 23.9. The molecular weight excluding hydrogens is 537 g/mol. The van der Waals surface area contributed by atoms with Crippen molar-refractivity contribution in [3.05, 3.63) is 64.9 Å². The lowest BCUT2D eigenvalue weighted by molar-refractivity contribution is -0.128. The molecule has 2 atom stereocenters. The van der Waals surface area contributed by atoms with Gasteiger partial charge in [0, 0.05) is 77.9 Å². The summed E-state index contributed by atoms with van der Waals surface area (Å²) in [6, 6.07) is 9.48. The minimum Gasteiger partial charge on any atom is -0.349 e. The Labute approximate surface area is 244 Å². The van der Waals surface area contributed by atoms with E-state index in [4.69, 9.17) is 4.98 Å². The largest absolute Gasteiger partial charge is 0.350 e. The summed E-state index contributed by atoms with van der Waals surface area (Å²) >= 11 is 1.84. The molecular formula is C32H36FN5O2S. The van der Waals surface area contributed by atoms with Crippen LogP contribution in [0.25, 0.3) is 22.0 Å². The number of benzene rings is 2. The number of hydrogen-bond donors (Lipinski definition) is 0. The fraction of sp³-hybridized carbons (Fsp3) is 0.469. The van der Waals surface area contributed by atoms with Gasteiger partial charge in [0.25, 0.3) is 0 Å². The maximum Gasteiger partial charge on any atom is 0.350 e. The fourth-order valence-corrected chi connectivity index (χ4v) is 8.66. The van der Waals surface area contributed by atoms with Gasteiger partial charge in [-0.05, 0) is 69.0 Å². The number of likely N-dealkylation sites (tertiary alicyclic amines) is 1. The van der Waals surface area contributed by atoms with Crippen molar-refractivity contribution in [3.8, 4) is 11.1 Å². The number of nitrogens with zero attached hydrogens (tertiary/aromatic N) is 5. The molecule has 4 aliphatic rings. The SMILES string of the molecule is C=CC(=O)N1C[C@H](C)N(c2nc(=O)n3c4c(c(-c5ccc(F)cc5)c(C)cc24)SCC2(CN(C4CC4)C2)C3)C[C@H]1C. The van der Waals surface area contributed by atoms with Gasteiger partial charge in [-0.1, -0.05) is 18.7 Å². The lowest BCUT2D eigenvalue weighted by Gasteiger charge is -2.50. The molecule has 214 valence electrons. The molecule has 1 aromatic heterocycles. The molecule has 7 nitrogen and oxygen atoms in total. The maximum absolute atomic E-state index is 14.0. The third kappa shape index (κ3) is 4.39. The lowest BCUT2D eigenvalue weighted by atomic mass is 9.81. The monoisotopic (exact) mass is 573 g/mol. The van der Waals surface area contributed by atoms with E-state index in [1.165, 1.54) is 31.1 Å². The lowest BCUT2D eigenvalue weighted by Crippen LogP contribution is -2.60. The molecule has 0 N–H and O–H groups in total. The molecule has 41 heavy (non-hydrogen) atoms. The number of anilines is 1. The number of amides is 1. The van der Waals surface area contributed by atoms with Gasteiger partial charge >= 0.3 is 5.69 Å². The van der Waals surface area contributed by atoms with Crippen LogP contribution < -0.4 is 10.6 Å². The molecule has 0 unspecified atom stereocenters. The fourth-order valence-electron chi connectivity index (χ4n) is 7.16. The minimum atomic E-state index is -0.264. The summed E-state index contributed by atoms with van der Waals surface area (Å²) in [6.07, 6.45) is 3.92. The van der Waals surface area contributed by atoms with Crippen LogP contribution in [0.3, 0.4) is 0 Å². The van der Waals surface area contributed by atoms with Gasteiger partial charge in [-0.15, -0.1) is 11.8 Å². The molecule has 0 bridgehead atoms. The second-order valence-corrected chi connectivity index (χ2v) is 13.6. The van der Waals surface area contributed by atoms with Gasteiger partial charge in [0.05, 0.1) is 5.52 Å². The van der Waals surface area contributed by atoms with E-state index in [-0.39, 0.29) is 34.9 Å². The topological polar surface area (TPSA) is 61.7 Å². The molecule has 1 amide bonds. The van der Waals surface area contributed by atoms with E-state index in [2.05, 4.69) is 36.3 Å². The molecule has 3 aromatic rings. The molecule has 1 aliphatic carbocycles. The van der Waals surface area contributed by atoms with Crippen LogP contribution in [0.1, 0.15) is 32.3 Å². The highest BCUT2D eigenvalue weighted by Crippen LogP contribution is 2.50. The first kappa shape index (κ1) is 26.7. The van der Waals surface area contributed by atoms with Gasteiger partial charge in [-0.3, -0.25) is 14.3 Å². The van der Waals surface area contributed by atoms with Gasteiger partial charge < -0.3 is 9.80 Å². The van der Waals surface area contributed by atoms with Crippen LogP contribution in [-0.2, 0) is 11.3 Å². The molecule has 3 fully saturated rings. The molecule has 1 spiro atoms. The molecule has 9 heteroatoms. The molecule has 7 rings (SSSR count). The van der Waals surface area contributed by atoms with E-state index in [1.54, 1.807) is 0 Å². The Morgan fingerprint density at radius 2 is 1.85 bits per heavy atom. The molecule has 0 radical (unpaired) electrons. The van der Waals surface area contributed by atoms with Gasteiger partial charge in [0.15, 0.2) is 0 Å². The number of thioether (sulfide) groups is 1. The standard InChI is InChI=1S/C32H36FN5O2S/c1-5-26(39)36-13-21(4)37(14-20(36)3)30-25-12-19(2)27(22-6-8-23(33)9-7-22)29-28(25)38(31(40)34-30)17-32(18-41-29)15-35(16-32)24-10-11-24/h5-9,12,20-21,24H,1,10-11,13-18H2,2-4H3/t20-,21+/m1/s1. The number of aryl methyl sites for hydroxylation is 1. The number of halogens is 1. The van der Waals surface area contributed by atoms with E-state index >= 15 is 0 Å². The zero-order valence-electron chi connectivity index (χ0n) is 23.9. The van der Waals surface area contributed by atoms with Gasteiger partial charge in [-0.25, -0.2) is 9.18 Å². The first-order valence-corrected chi connectivity index (χ1v) is 15.6. The van der Waals surface area contributed by atoms with Crippen LogP contribution in [0.4, 0.5) is 10.2 Å². The third-order valence-electron chi connectivity index (χ3n) is 9.40. The quantitative estimate of drug-likeness (QED) is 0.422. The summed E-state index contributed by atoms with van der Waals surface area (Å²) in [4.78, 5) is 38.9. The first-order chi connectivity index (χ1) is 19.7. The first-order valence-electron chi connectivity index (χ1n) is 14.6. The number of carbonyl (C=O) groups is 1. The summed E-state index contributed by atoms with van der Waals surface area (Å²) in [7, 11) is 0. The Kier molecular flexibility index (Phi) is 6.32. The molecule has 1 saturated carbocycles. The van der Waals surface area contributed by atoms with E-state index < -0.39 is 0 Å². The van der Waals surface area contributed by atoms with Gasteiger partial charge in [0.2, 0.25) is 5.91 Å². The van der Waals surface area contributed by atoms with E-state index in [1.807, 2.05) is 40.3 Å². The third-order valence-corrected chi connectivity index (χ3v) is 10.8. The highest BCUT2D eigenvalue weighted by molar-refractivity contribution is 7.99. The molecule has 3 aliphatic heterocycles. The zero-order chi connectivity index (χ0) is 28.6. The summed E-state index contributed by atoms with van der Waals surface area (Å²) in [5.41, 5.74) is 3.82. The van der Waals surface area contributed by atoms with Crippen molar-refractivity contribution in [2.24, 2.45) is 5.41 Å². The predicted octanol–water partition coefficient (Wildman–Crippen LogP) is 4.69. The van der Waals surface area contributed by atoms with Crippen molar-refractivity contribution in [1.82, 2.24) is 19.4 Å². The highest BCUT2D eigenvalue weighted by Gasteiger charge is 2.50. The number of hydrogen-bond acceptors (Lipinski definition) is 6. The Morgan fingerprint density at radius 1 is 1.12 bits per heavy atom. The number of aromatic nitrogens is 2. The highest BCUT2D eigenvalue weighted by atomic mass is 32.2. The Bertz CT molecular complexity index is 1630. The van der Waals surface area contributed by atoms with Crippen molar-refractivity contribution in [2.45, 2.75) is 63.2 Å². The van der Waals surface area contributed by atoms with Crippen LogP contribution in [0.2, 0.25) is 0 Å². The van der Waals surface area contributed by atoms with Crippen LogP contribution in [0.5, 0.6) is 0 Å².